The predicted octanol–water partition coefficient (Wildman–Crippen LogP) is 4.20. The van der Waals surface area contributed by atoms with E-state index in [9.17, 15) is 18.5 Å². The number of fused-ring (bicyclic) bond motifs is 1. The van der Waals surface area contributed by atoms with Crippen molar-refractivity contribution < 1.29 is 17.9 Å². The summed E-state index contributed by atoms with van der Waals surface area (Å²) in [6.45, 7) is 0.937. The standard InChI is InChI=1S/C27H26N4O4S2/c1-35-14-6-13-29-26(32)21-9-5-10-22(17-21)37(33,34)31-24(16-19-7-4-8-20(15-19)18-28)27-30-23-11-2-3-12-25(23)36-27/h2-5,7-12,15,17,24,31H,6,13-14,16H2,1H3,(H,29,32). The number of aromatic nitrogens is 1. The summed E-state index contributed by atoms with van der Waals surface area (Å²) in [4.78, 5) is 17.2. The van der Waals surface area contributed by atoms with Crippen LogP contribution < -0.4 is 10.0 Å². The van der Waals surface area contributed by atoms with E-state index in [1.807, 2.05) is 30.3 Å². The van der Waals surface area contributed by atoms with Crippen molar-refractivity contribution in [2.45, 2.75) is 23.8 Å². The molecule has 4 aromatic rings. The van der Waals surface area contributed by atoms with Crippen molar-refractivity contribution in [3.8, 4) is 6.07 Å². The molecule has 0 spiro atoms. The first kappa shape index (κ1) is 26.4. The van der Waals surface area contributed by atoms with E-state index in [0.717, 1.165) is 15.8 Å². The van der Waals surface area contributed by atoms with Crippen molar-refractivity contribution >= 4 is 37.5 Å². The molecular weight excluding hydrogens is 508 g/mol. The second-order valence-electron chi connectivity index (χ2n) is 8.34. The number of thiazole rings is 1. The van der Waals surface area contributed by atoms with Gasteiger partial charge in [0.25, 0.3) is 5.91 Å². The quantitative estimate of drug-likeness (QED) is 0.278. The minimum absolute atomic E-state index is 0.0195. The summed E-state index contributed by atoms with van der Waals surface area (Å²) in [7, 11) is -2.43. The number of benzene rings is 3. The van der Waals surface area contributed by atoms with Gasteiger partial charge in [-0.1, -0.05) is 30.3 Å². The molecule has 0 aliphatic rings. The molecule has 0 aliphatic carbocycles. The van der Waals surface area contributed by atoms with Crippen LogP contribution in [0.25, 0.3) is 10.2 Å². The topological polar surface area (TPSA) is 121 Å². The third-order valence-corrected chi connectivity index (χ3v) is 8.24. The number of ether oxygens (including phenoxy) is 1. The van der Waals surface area contributed by atoms with Gasteiger partial charge in [-0.25, -0.2) is 18.1 Å². The van der Waals surface area contributed by atoms with E-state index in [1.54, 1.807) is 37.4 Å². The molecule has 37 heavy (non-hydrogen) atoms. The molecule has 4 rings (SSSR count). The fourth-order valence-electron chi connectivity index (χ4n) is 3.80. The fraction of sp³-hybridized carbons (Fsp3) is 0.222. The normalized spacial score (nSPS) is 12.2. The molecule has 1 atom stereocenters. The molecule has 1 aromatic heterocycles. The molecule has 1 unspecified atom stereocenters. The molecule has 2 N–H and O–H groups in total. The number of nitrogens with one attached hydrogen (secondary N) is 2. The van der Waals surface area contributed by atoms with Crippen molar-refractivity contribution in [2.75, 3.05) is 20.3 Å². The Balaban J connectivity index is 1.62. The average Bonchev–Trinajstić information content (AvgIpc) is 3.35. The van der Waals surface area contributed by atoms with Gasteiger partial charge < -0.3 is 10.1 Å². The Morgan fingerprint density at radius 2 is 1.92 bits per heavy atom. The summed E-state index contributed by atoms with van der Waals surface area (Å²) in [5, 5.41) is 12.7. The third-order valence-electron chi connectivity index (χ3n) is 5.62. The highest BCUT2D eigenvalue weighted by Crippen LogP contribution is 2.30. The molecule has 8 nitrogen and oxygen atoms in total. The first-order valence-corrected chi connectivity index (χ1v) is 13.9. The number of rotatable bonds is 11. The summed E-state index contributed by atoms with van der Waals surface area (Å²) in [5.74, 6) is -0.357. The van der Waals surface area contributed by atoms with Gasteiger partial charge in [-0.15, -0.1) is 11.3 Å². The van der Waals surface area contributed by atoms with Crippen molar-refractivity contribution in [2.24, 2.45) is 0 Å². The Hall–Kier alpha value is -3.62. The lowest BCUT2D eigenvalue weighted by atomic mass is 10.0. The number of hydrogen-bond acceptors (Lipinski definition) is 7. The van der Waals surface area contributed by atoms with Crippen LogP contribution in [0.5, 0.6) is 0 Å². The Kier molecular flexibility index (Phi) is 8.63. The molecular formula is C27H26N4O4S2. The van der Waals surface area contributed by atoms with E-state index in [0.29, 0.717) is 36.6 Å². The minimum atomic E-state index is -4.01. The van der Waals surface area contributed by atoms with E-state index >= 15 is 0 Å². The van der Waals surface area contributed by atoms with Gasteiger partial charge in [-0.2, -0.15) is 5.26 Å². The maximum absolute atomic E-state index is 13.5. The minimum Gasteiger partial charge on any atom is -0.385 e. The van der Waals surface area contributed by atoms with Crippen LogP contribution in [0.2, 0.25) is 0 Å². The summed E-state index contributed by atoms with van der Waals surface area (Å²) in [6, 6.07) is 22.0. The van der Waals surface area contributed by atoms with Gasteiger partial charge in [0.2, 0.25) is 10.0 Å². The number of nitriles is 1. The van der Waals surface area contributed by atoms with E-state index in [1.165, 1.54) is 23.5 Å². The molecule has 0 radical (unpaired) electrons. The molecule has 0 saturated carbocycles. The van der Waals surface area contributed by atoms with Gasteiger partial charge in [0, 0.05) is 25.8 Å². The molecule has 0 fully saturated rings. The van der Waals surface area contributed by atoms with Gasteiger partial charge in [0.1, 0.15) is 5.01 Å². The lowest BCUT2D eigenvalue weighted by molar-refractivity contribution is 0.0948. The first-order valence-electron chi connectivity index (χ1n) is 11.6. The van der Waals surface area contributed by atoms with Crippen LogP contribution in [0, 0.1) is 11.3 Å². The van der Waals surface area contributed by atoms with Crippen LogP contribution in [0.3, 0.4) is 0 Å². The number of carbonyl (C=O) groups excluding carboxylic acids is 1. The van der Waals surface area contributed by atoms with Crippen molar-refractivity contribution in [1.82, 2.24) is 15.0 Å². The van der Waals surface area contributed by atoms with E-state index in [-0.39, 0.29) is 16.4 Å². The smallest absolute Gasteiger partial charge is 0.251 e. The first-order chi connectivity index (χ1) is 17.9. The lowest BCUT2D eigenvalue weighted by Crippen LogP contribution is -2.30. The summed E-state index contributed by atoms with van der Waals surface area (Å²) < 4.78 is 35.7. The number of hydrogen-bond donors (Lipinski definition) is 2. The zero-order valence-corrected chi connectivity index (χ0v) is 21.8. The molecule has 0 bridgehead atoms. The third kappa shape index (κ3) is 6.78. The van der Waals surface area contributed by atoms with E-state index in [4.69, 9.17) is 4.74 Å². The van der Waals surface area contributed by atoms with Crippen LogP contribution in [-0.2, 0) is 21.2 Å². The molecule has 3 aromatic carbocycles. The zero-order valence-electron chi connectivity index (χ0n) is 20.2. The Labute approximate surface area is 220 Å². The Morgan fingerprint density at radius 3 is 2.70 bits per heavy atom. The van der Waals surface area contributed by atoms with Crippen LogP contribution in [0.1, 0.15) is 39.0 Å². The van der Waals surface area contributed by atoms with Crippen molar-refractivity contribution in [3.05, 3.63) is 94.5 Å². The van der Waals surface area contributed by atoms with E-state index < -0.39 is 16.1 Å². The fourth-order valence-corrected chi connectivity index (χ4v) is 6.14. The second kappa shape index (κ2) is 12.1. The number of methoxy groups -OCH3 is 1. The molecule has 0 saturated heterocycles. The Morgan fingerprint density at radius 1 is 1.11 bits per heavy atom. The second-order valence-corrected chi connectivity index (χ2v) is 11.1. The molecule has 1 heterocycles. The van der Waals surface area contributed by atoms with Crippen molar-refractivity contribution in [1.29, 1.82) is 5.26 Å². The highest BCUT2D eigenvalue weighted by Gasteiger charge is 2.25. The number of sulfonamides is 1. The summed E-state index contributed by atoms with van der Waals surface area (Å²) in [6.07, 6.45) is 0.951. The average molecular weight is 535 g/mol. The van der Waals surface area contributed by atoms with Gasteiger partial charge in [-0.05, 0) is 60.9 Å². The van der Waals surface area contributed by atoms with Crippen LogP contribution >= 0.6 is 11.3 Å². The van der Waals surface area contributed by atoms with Gasteiger partial charge in [0.05, 0.1) is 32.8 Å². The summed E-state index contributed by atoms with van der Waals surface area (Å²) >= 11 is 1.41. The zero-order chi connectivity index (χ0) is 26.3. The Bertz CT molecular complexity index is 1510. The number of amides is 1. The van der Waals surface area contributed by atoms with Crippen LogP contribution in [0.4, 0.5) is 0 Å². The van der Waals surface area contributed by atoms with Gasteiger partial charge in [0.15, 0.2) is 0 Å². The van der Waals surface area contributed by atoms with E-state index in [2.05, 4.69) is 21.1 Å². The molecule has 190 valence electrons. The maximum Gasteiger partial charge on any atom is 0.251 e. The summed E-state index contributed by atoms with van der Waals surface area (Å²) in [5.41, 5.74) is 2.32. The largest absolute Gasteiger partial charge is 0.385 e. The van der Waals surface area contributed by atoms with Gasteiger partial charge >= 0.3 is 0 Å². The highest BCUT2D eigenvalue weighted by molar-refractivity contribution is 7.89. The maximum atomic E-state index is 13.5. The monoisotopic (exact) mass is 534 g/mol. The van der Waals surface area contributed by atoms with Crippen molar-refractivity contribution in [3.63, 3.8) is 0 Å². The predicted molar refractivity (Wildman–Crippen MR) is 143 cm³/mol. The van der Waals surface area contributed by atoms with Crippen LogP contribution in [0.15, 0.2) is 77.7 Å². The number of para-hydroxylation sites is 1. The SMILES string of the molecule is COCCCNC(=O)c1cccc(S(=O)(=O)NC(Cc2cccc(C#N)c2)c2nc3ccccc3s2)c1. The molecule has 1 amide bonds. The lowest BCUT2D eigenvalue weighted by Gasteiger charge is -2.17. The van der Waals surface area contributed by atoms with Gasteiger partial charge in [-0.3, -0.25) is 4.79 Å². The number of carbonyl (C=O) groups is 1. The molecule has 10 heteroatoms. The van der Waals surface area contributed by atoms with Crippen LogP contribution in [-0.4, -0.2) is 39.6 Å². The molecule has 0 aliphatic heterocycles. The number of nitrogens with zero attached hydrogens (tertiary/aromatic N) is 2. The highest BCUT2D eigenvalue weighted by atomic mass is 32.2.